The second-order valence-electron chi connectivity index (χ2n) is 4.28. The Bertz CT molecular complexity index is 578. The maximum atomic E-state index is 11.4. The molecule has 0 aromatic heterocycles. The number of phenols is 1. The minimum absolute atomic E-state index is 0.116. The maximum Gasteiger partial charge on any atom is 0.311 e. The van der Waals surface area contributed by atoms with Gasteiger partial charge in [-0.15, -0.1) is 0 Å². The topological polar surface area (TPSA) is 57.5 Å². The molecule has 0 heterocycles. The van der Waals surface area contributed by atoms with Gasteiger partial charge in [0.1, 0.15) is 5.75 Å². The number of aromatic hydroxyl groups is 1. The largest absolute Gasteiger partial charge is 0.508 e. The Morgan fingerprint density at radius 1 is 1.11 bits per heavy atom. The molecule has 0 spiro atoms. The number of halogens is 1. The SMILES string of the molecule is O=C(O)C(Cc1ccccc1Cl)c1ccc(O)cc1. The highest BCUT2D eigenvalue weighted by atomic mass is 35.5. The molecule has 4 heteroatoms. The van der Waals surface area contributed by atoms with Crippen molar-refractivity contribution in [1.82, 2.24) is 0 Å². The monoisotopic (exact) mass is 276 g/mol. The van der Waals surface area contributed by atoms with Crippen LogP contribution in [0.1, 0.15) is 17.0 Å². The number of hydrogen-bond acceptors (Lipinski definition) is 2. The third-order valence-corrected chi connectivity index (χ3v) is 3.34. The fourth-order valence-electron chi connectivity index (χ4n) is 1.94. The van der Waals surface area contributed by atoms with Crippen molar-refractivity contribution in [1.29, 1.82) is 0 Å². The molecule has 0 saturated heterocycles. The van der Waals surface area contributed by atoms with E-state index in [1.807, 2.05) is 18.2 Å². The first-order chi connectivity index (χ1) is 9.08. The van der Waals surface area contributed by atoms with Gasteiger partial charge in [-0.1, -0.05) is 41.9 Å². The first kappa shape index (κ1) is 13.4. The molecule has 2 aromatic rings. The minimum Gasteiger partial charge on any atom is -0.508 e. The van der Waals surface area contributed by atoms with Gasteiger partial charge in [-0.3, -0.25) is 4.79 Å². The Morgan fingerprint density at radius 3 is 2.32 bits per heavy atom. The van der Waals surface area contributed by atoms with Crippen molar-refractivity contribution < 1.29 is 15.0 Å². The van der Waals surface area contributed by atoms with E-state index >= 15 is 0 Å². The van der Waals surface area contributed by atoms with Crippen LogP contribution in [-0.2, 0) is 11.2 Å². The Hall–Kier alpha value is -2.00. The van der Waals surface area contributed by atoms with Crippen molar-refractivity contribution in [2.24, 2.45) is 0 Å². The lowest BCUT2D eigenvalue weighted by atomic mass is 9.92. The summed E-state index contributed by atoms with van der Waals surface area (Å²) >= 11 is 6.05. The van der Waals surface area contributed by atoms with Gasteiger partial charge in [-0.2, -0.15) is 0 Å². The molecular formula is C15H13ClO3. The van der Waals surface area contributed by atoms with Crippen molar-refractivity contribution in [2.45, 2.75) is 12.3 Å². The number of carbonyl (C=O) groups is 1. The van der Waals surface area contributed by atoms with E-state index in [1.165, 1.54) is 12.1 Å². The Labute approximate surface area is 116 Å². The standard InChI is InChI=1S/C15H13ClO3/c16-14-4-2-1-3-11(14)9-13(15(18)19)10-5-7-12(17)8-6-10/h1-8,13,17H,9H2,(H,18,19). The van der Waals surface area contributed by atoms with Crippen molar-refractivity contribution in [2.75, 3.05) is 0 Å². The Kier molecular flexibility index (Phi) is 4.07. The number of aliphatic carboxylic acids is 1. The fourth-order valence-corrected chi connectivity index (χ4v) is 2.15. The van der Waals surface area contributed by atoms with E-state index in [2.05, 4.69) is 0 Å². The molecule has 0 saturated carbocycles. The zero-order valence-electron chi connectivity index (χ0n) is 10.1. The lowest BCUT2D eigenvalue weighted by Crippen LogP contribution is -2.14. The summed E-state index contributed by atoms with van der Waals surface area (Å²) in [6, 6.07) is 13.4. The van der Waals surface area contributed by atoms with Crippen LogP contribution in [0.2, 0.25) is 5.02 Å². The summed E-state index contributed by atoms with van der Waals surface area (Å²) in [5, 5.41) is 19.1. The van der Waals surface area contributed by atoms with Crippen molar-refractivity contribution >= 4 is 17.6 Å². The molecule has 2 N–H and O–H groups in total. The molecule has 0 fully saturated rings. The molecule has 98 valence electrons. The van der Waals surface area contributed by atoms with Crippen LogP contribution in [0.15, 0.2) is 48.5 Å². The van der Waals surface area contributed by atoms with E-state index in [-0.39, 0.29) is 5.75 Å². The van der Waals surface area contributed by atoms with Gasteiger partial charge < -0.3 is 10.2 Å². The van der Waals surface area contributed by atoms with Crippen LogP contribution >= 0.6 is 11.6 Å². The highest BCUT2D eigenvalue weighted by molar-refractivity contribution is 6.31. The number of benzene rings is 2. The molecule has 0 aliphatic rings. The third-order valence-electron chi connectivity index (χ3n) is 2.98. The molecule has 19 heavy (non-hydrogen) atoms. The summed E-state index contributed by atoms with van der Waals surface area (Å²) in [6.45, 7) is 0. The fraction of sp³-hybridized carbons (Fsp3) is 0.133. The number of phenolic OH excluding ortho intramolecular Hbond substituents is 1. The lowest BCUT2D eigenvalue weighted by molar-refractivity contribution is -0.138. The molecule has 0 amide bonds. The molecular weight excluding hydrogens is 264 g/mol. The van der Waals surface area contributed by atoms with Crippen LogP contribution in [0.25, 0.3) is 0 Å². The second-order valence-corrected chi connectivity index (χ2v) is 4.69. The van der Waals surface area contributed by atoms with E-state index in [0.717, 1.165) is 5.56 Å². The summed E-state index contributed by atoms with van der Waals surface area (Å²) in [6.07, 6.45) is 0.319. The van der Waals surface area contributed by atoms with Crippen LogP contribution in [0, 0.1) is 0 Å². The summed E-state index contributed by atoms with van der Waals surface area (Å²) in [5.41, 5.74) is 1.44. The smallest absolute Gasteiger partial charge is 0.311 e. The summed E-state index contributed by atoms with van der Waals surface area (Å²) < 4.78 is 0. The van der Waals surface area contributed by atoms with Gasteiger partial charge in [-0.05, 0) is 35.7 Å². The zero-order valence-corrected chi connectivity index (χ0v) is 10.8. The van der Waals surface area contributed by atoms with E-state index in [1.54, 1.807) is 18.2 Å². The van der Waals surface area contributed by atoms with Crippen LogP contribution in [-0.4, -0.2) is 16.2 Å². The Morgan fingerprint density at radius 2 is 1.74 bits per heavy atom. The first-order valence-electron chi connectivity index (χ1n) is 5.83. The van der Waals surface area contributed by atoms with Gasteiger partial charge in [0.05, 0.1) is 5.92 Å². The number of carboxylic acids is 1. The van der Waals surface area contributed by atoms with Gasteiger partial charge in [0, 0.05) is 5.02 Å². The summed E-state index contributed by atoms with van der Waals surface area (Å²) in [7, 11) is 0. The third kappa shape index (κ3) is 3.26. The molecule has 0 aliphatic heterocycles. The highest BCUT2D eigenvalue weighted by Gasteiger charge is 2.21. The predicted molar refractivity (Wildman–Crippen MR) is 73.6 cm³/mol. The van der Waals surface area contributed by atoms with Gasteiger partial charge in [0.2, 0.25) is 0 Å². The van der Waals surface area contributed by atoms with Crippen molar-refractivity contribution in [3.05, 3.63) is 64.7 Å². The number of rotatable bonds is 4. The highest BCUT2D eigenvalue weighted by Crippen LogP contribution is 2.26. The van der Waals surface area contributed by atoms with Crippen LogP contribution < -0.4 is 0 Å². The molecule has 1 atom stereocenters. The van der Waals surface area contributed by atoms with E-state index < -0.39 is 11.9 Å². The lowest BCUT2D eigenvalue weighted by Gasteiger charge is -2.14. The average Bonchev–Trinajstić information content (AvgIpc) is 2.39. The van der Waals surface area contributed by atoms with Gasteiger partial charge in [-0.25, -0.2) is 0 Å². The Balaban J connectivity index is 2.29. The van der Waals surface area contributed by atoms with Gasteiger partial charge >= 0.3 is 5.97 Å². The van der Waals surface area contributed by atoms with Crippen LogP contribution in [0.5, 0.6) is 5.75 Å². The molecule has 2 aromatic carbocycles. The van der Waals surface area contributed by atoms with Crippen LogP contribution in [0.3, 0.4) is 0 Å². The van der Waals surface area contributed by atoms with E-state index in [9.17, 15) is 15.0 Å². The van der Waals surface area contributed by atoms with Crippen LogP contribution in [0.4, 0.5) is 0 Å². The summed E-state index contributed by atoms with van der Waals surface area (Å²) in [5.74, 6) is -1.48. The van der Waals surface area contributed by atoms with E-state index in [4.69, 9.17) is 11.6 Å². The summed E-state index contributed by atoms with van der Waals surface area (Å²) in [4.78, 5) is 11.4. The second kappa shape index (κ2) is 5.76. The molecule has 0 bridgehead atoms. The molecule has 1 unspecified atom stereocenters. The molecule has 0 radical (unpaired) electrons. The normalized spacial score (nSPS) is 12.1. The number of carboxylic acid groups (broad SMARTS) is 1. The predicted octanol–water partition coefficient (Wildman–Crippen LogP) is 3.46. The molecule has 3 nitrogen and oxygen atoms in total. The first-order valence-corrected chi connectivity index (χ1v) is 6.21. The maximum absolute atomic E-state index is 11.4. The van der Waals surface area contributed by atoms with Crippen molar-refractivity contribution in [3.63, 3.8) is 0 Å². The number of hydrogen-bond donors (Lipinski definition) is 2. The van der Waals surface area contributed by atoms with Crippen molar-refractivity contribution in [3.8, 4) is 5.75 Å². The average molecular weight is 277 g/mol. The molecule has 2 rings (SSSR count). The van der Waals surface area contributed by atoms with Gasteiger partial charge in [0.15, 0.2) is 0 Å². The minimum atomic E-state index is -0.911. The van der Waals surface area contributed by atoms with Gasteiger partial charge in [0.25, 0.3) is 0 Å². The quantitative estimate of drug-likeness (QED) is 0.899. The molecule has 0 aliphatic carbocycles. The zero-order chi connectivity index (χ0) is 13.8. The van der Waals surface area contributed by atoms with E-state index in [0.29, 0.717) is 17.0 Å².